The van der Waals surface area contributed by atoms with Crippen molar-refractivity contribution in [1.29, 1.82) is 0 Å². The minimum Gasteiger partial charge on any atom is -0.507 e. The minimum atomic E-state index is 0.157. The summed E-state index contributed by atoms with van der Waals surface area (Å²) < 4.78 is 21.6. The monoisotopic (exact) mass is 346 g/mol. The maximum Gasteiger partial charge on any atom is 0.129 e. The third kappa shape index (κ3) is 5.57. The van der Waals surface area contributed by atoms with Crippen molar-refractivity contribution in [2.24, 2.45) is 0 Å². The third-order valence-corrected chi connectivity index (χ3v) is 3.76. The molecule has 0 radical (unpaired) electrons. The smallest absolute Gasteiger partial charge is 0.129 e. The lowest BCUT2D eigenvalue weighted by molar-refractivity contribution is 0.101. The van der Waals surface area contributed by atoms with Crippen molar-refractivity contribution in [3.8, 4) is 23.0 Å². The number of rotatable bonds is 10. The molecule has 0 aliphatic heterocycles. The number of phenolic OH excluding ortho intramolecular Hbond substituents is 1. The molecule has 5 heteroatoms. The Hall–Kier alpha value is -2.40. The molecule has 0 amide bonds. The van der Waals surface area contributed by atoms with Gasteiger partial charge in [-0.05, 0) is 24.1 Å². The second-order valence-corrected chi connectivity index (χ2v) is 5.61. The van der Waals surface area contributed by atoms with Gasteiger partial charge in [0.15, 0.2) is 0 Å². The van der Waals surface area contributed by atoms with E-state index in [0.29, 0.717) is 31.1 Å². The first-order chi connectivity index (χ1) is 12.2. The van der Waals surface area contributed by atoms with Gasteiger partial charge in [0.2, 0.25) is 0 Å². The number of methoxy groups -OCH3 is 2. The predicted octanol–water partition coefficient (Wildman–Crippen LogP) is 3.81. The summed E-state index contributed by atoms with van der Waals surface area (Å²) in [6.07, 6.45) is 1.56. The highest BCUT2D eigenvalue weighted by Gasteiger charge is 2.12. The van der Waals surface area contributed by atoms with E-state index in [2.05, 4.69) is 6.92 Å². The Bertz CT molecular complexity index is 652. The van der Waals surface area contributed by atoms with Gasteiger partial charge >= 0.3 is 0 Å². The minimum absolute atomic E-state index is 0.157. The van der Waals surface area contributed by atoms with Crippen LogP contribution in [0.3, 0.4) is 0 Å². The van der Waals surface area contributed by atoms with Crippen molar-refractivity contribution in [2.45, 2.75) is 19.8 Å². The highest BCUT2D eigenvalue weighted by atomic mass is 16.5. The molecule has 0 aliphatic rings. The molecule has 0 unspecified atom stereocenters. The number of phenols is 1. The summed E-state index contributed by atoms with van der Waals surface area (Å²) >= 11 is 0. The Morgan fingerprint density at radius 1 is 0.880 bits per heavy atom. The molecule has 2 aromatic rings. The van der Waals surface area contributed by atoms with Crippen molar-refractivity contribution < 1.29 is 24.1 Å². The summed E-state index contributed by atoms with van der Waals surface area (Å²) in [6, 6.07) is 11.1. The van der Waals surface area contributed by atoms with Crippen LogP contribution in [0, 0.1) is 0 Å². The molecule has 136 valence electrons. The van der Waals surface area contributed by atoms with E-state index < -0.39 is 0 Å². The van der Waals surface area contributed by atoms with Crippen LogP contribution in [0.15, 0.2) is 36.4 Å². The number of hydrogen-bond acceptors (Lipinski definition) is 5. The largest absolute Gasteiger partial charge is 0.507 e. The molecule has 0 aromatic heterocycles. The average Bonchev–Trinajstić information content (AvgIpc) is 2.64. The Morgan fingerprint density at radius 2 is 1.64 bits per heavy atom. The van der Waals surface area contributed by atoms with Crippen molar-refractivity contribution in [3.05, 3.63) is 47.5 Å². The number of aromatic hydroxyl groups is 1. The SMILES string of the molecule is CCCOCCOc1ccc(Cc2c(O)cc(OC)cc2OC)cc1. The molecule has 0 heterocycles. The van der Waals surface area contributed by atoms with Gasteiger partial charge in [-0.1, -0.05) is 19.1 Å². The Balaban J connectivity index is 1.99. The second kappa shape index (κ2) is 9.79. The summed E-state index contributed by atoms with van der Waals surface area (Å²) in [6.45, 7) is 3.96. The zero-order valence-corrected chi connectivity index (χ0v) is 15.1. The summed E-state index contributed by atoms with van der Waals surface area (Å²) in [5.74, 6) is 2.12. The van der Waals surface area contributed by atoms with Crippen molar-refractivity contribution >= 4 is 0 Å². The molecule has 2 rings (SSSR count). The van der Waals surface area contributed by atoms with E-state index in [1.165, 1.54) is 0 Å². The second-order valence-electron chi connectivity index (χ2n) is 5.61. The molecular weight excluding hydrogens is 320 g/mol. The summed E-state index contributed by atoms with van der Waals surface area (Å²) in [7, 11) is 3.13. The van der Waals surface area contributed by atoms with E-state index in [4.69, 9.17) is 18.9 Å². The van der Waals surface area contributed by atoms with Gasteiger partial charge in [-0.15, -0.1) is 0 Å². The molecule has 5 nitrogen and oxygen atoms in total. The zero-order chi connectivity index (χ0) is 18.1. The topological polar surface area (TPSA) is 57.2 Å². The molecule has 25 heavy (non-hydrogen) atoms. The molecule has 0 spiro atoms. The maximum absolute atomic E-state index is 10.2. The van der Waals surface area contributed by atoms with Gasteiger partial charge in [0.05, 0.1) is 20.8 Å². The van der Waals surface area contributed by atoms with Crippen LogP contribution in [0.2, 0.25) is 0 Å². The Kier molecular flexibility index (Phi) is 7.41. The molecule has 0 aliphatic carbocycles. The normalized spacial score (nSPS) is 10.5. The summed E-state index contributed by atoms with van der Waals surface area (Å²) in [4.78, 5) is 0. The van der Waals surface area contributed by atoms with E-state index in [9.17, 15) is 5.11 Å². The fourth-order valence-electron chi connectivity index (χ4n) is 2.46. The zero-order valence-electron chi connectivity index (χ0n) is 15.1. The van der Waals surface area contributed by atoms with Crippen LogP contribution in [0.25, 0.3) is 0 Å². The summed E-state index contributed by atoms with van der Waals surface area (Å²) in [5.41, 5.74) is 1.78. The standard InChI is InChI=1S/C20H26O5/c1-4-9-24-10-11-25-16-7-5-15(6-8-16)12-18-19(21)13-17(22-2)14-20(18)23-3/h5-8,13-14,21H,4,9-12H2,1-3H3. The lowest BCUT2D eigenvalue weighted by atomic mass is 10.0. The lowest BCUT2D eigenvalue weighted by Gasteiger charge is -2.13. The van der Waals surface area contributed by atoms with Crippen LogP contribution in [0.5, 0.6) is 23.0 Å². The van der Waals surface area contributed by atoms with Crippen LogP contribution in [-0.2, 0) is 11.2 Å². The van der Waals surface area contributed by atoms with Crippen LogP contribution in [-0.4, -0.2) is 39.1 Å². The van der Waals surface area contributed by atoms with Crippen molar-refractivity contribution in [2.75, 3.05) is 34.0 Å². The molecule has 0 saturated carbocycles. The van der Waals surface area contributed by atoms with Crippen LogP contribution >= 0.6 is 0 Å². The van der Waals surface area contributed by atoms with E-state index in [-0.39, 0.29) is 5.75 Å². The highest BCUT2D eigenvalue weighted by Crippen LogP contribution is 2.35. The molecule has 0 saturated heterocycles. The third-order valence-electron chi connectivity index (χ3n) is 3.76. The van der Waals surface area contributed by atoms with Crippen molar-refractivity contribution in [3.63, 3.8) is 0 Å². The molecule has 1 N–H and O–H groups in total. The fraction of sp³-hybridized carbons (Fsp3) is 0.400. The van der Waals surface area contributed by atoms with Crippen LogP contribution < -0.4 is 14.2 Å². The predicted molar refractivity (Wildman–Crippen MR) is 97.1 cm³/mol. The van der Waals surface area contributed by atoms with Gasteiger partial charge in [0.1, 0.15) is 29.6 Å². The van der Waals surface area contributed by atoms with Gasteiger partial charge in [-0.3, -0.25) is 0 Å². The van der Waals surface area contributed by atoms with Gasteiger partial charge in [-0.25, -0.2) is 0 Å². The first-order valence-corrected chi connectivity index (χ1v) is 8.41. The van der Waals surface area contributed by atoms with Gasteiger partial charge in [0, 0.05) is 30.7 Å². The average molecular weight is 346 g/mol. The molecule has 0 fully saturated rings. The lowest BCUT2D eigenvalue weighted by Crippen LogP contribution is -2.07. The first kappa shape index (κ1) is 18.9. The molecular formula is C20H26O5. The van der Waals surface area contributed by atoms with E-state index in [0.717, 1.165) is 29.9 Å². The quantitative estimate of drug-likeness (QED) is 0.663. The Morgan fingerprint density at radius 3 is 2.28 bits per heavy atom. The molecule has 2 aromatic carbocycles. The van der Waals surface area contributed by atoms with Crippen molar-refractivity contribution in [1.82, 2.24) is 0 Å². The number of benzene rings is 2. The van der Waals surface area contributed by atoms with Crippen LogP contribution in [0.1, 0.15) is 24.5 Å². The number of hydrogen-bond donors (Lipinski definition) is 1. The van der Waals surface area contributed by atoms with Crippen LogP contribution in [0.4, 0.5) is 0 Å². The molecule has 0 atom stereocenters. The van der Waals surface area contributed by atoms with E-state index in [1.54, 1.807) is 26.4 Å². The summed E-state index contributed by atoms with van der Waals surface area (Å²) in [5, 5.41) is 10.2. The van der Waals surface area contributed by atoms with E-state index in [1.807, 2.05) is 24.3 Å². The van der Waals surface area contributed by atoms with E-state index >= 15 is 0 Å². The fourth-order valence-corrected chi connectivity index (χ4v) is 2.46. The first-order valence-electron chi connectivity index (χ1n) is 8.41. The number of ether oxygens (including phenoxy) is 4. The van der Waals surface area contributed by atoms with Gasteiger partial charge < -0.3 is 24.1 Å². The Labute approximate surface area is 149 Å². The van der Waals surface area contributed by atoms with Gasteiger partial charge in [0.25, 0.3) is 0 Å². The van der Waals surface area contributed by atoms with Gasteiger partial charge in [-0.2, -0.15) is 0 Å². The molecule has 0 bridgehead atoms. The maximum atomic E-state index is 10.2. The highest BCUT2D eigenvalue weighted by molar-refractivity contribution is 5.52.